The van der Waals surface area contributed by atoms with Crippen molar-refractivity contribution in [2.45, 2.75) is 13.0 Å². The molecule has 25 heavy (non-hydrogen) atoms. The van der Waals surface area contributed by atoms with Crippen LogP contribution in [0.1, 0.15) is 17.3 Å². The number of nitrogens with one attached hydrogen (secondary N) is 2. The molecule has 0 fully saturated rings. The first-order valence-corrected chi connectivity index (χ1v) is 8.28. The predicted molar refractivity (Wildman–Crippen MR) is 92.5 cm³/mol. The Balaban J connectivity index is 1.62. The topological polar surface area (TPSA) is 102 Å². The van der Waals surface area contributed by atoms with E-state index in [0.29, 0.717) is 22.1 Å². The lowest BCUT2D eigenvalue weighted by Crippen LogP contribution is -2.34. The molecule has 0 bridgehead atoms. The van der Waals surface area contributed by atoms with Crippen molar-refractivity contribution in [1.29, 1.82) is 0 Å². The van der Waals surface area contributed by atoms with E-state index in [0.717, 1.165) is 0 Å². The van der Waals surface area contributed by atoms with E-state index in [1.54, 1.807) is 36.7 Å². The van der Waals surface area contributed by atoms with Crippen LogP contribution in [0.2, 0.25) is 0 Å². The van der Waals surface area contributed by atoms with Crippen LogP contribution in [0.5, 0.6) is 5.75 Å². The number of rotatable bonds is 2. The van der Waals surface area contributed by atoms with E-state index in [1.807, 2.05) is 0 Å². The zero-order valence-corrected chi connectivity index (χ0v) is 13.8. The standard InChI is InChI=1S/C16H12N4O4S/c1-8-13(21)19-11-6-9(2-3-12(11)24-8)18-14(22)10-7-17-16-20(15(10)23)4-5-25-16/h2-8H,1H3,(H,18,22)(H,19,21). The molecule has 2 amide bonds. The van der Waals surface area contributed by atoms with Crippen molar-refractivity contribution in [2.24, 2.45) is 0 Å². The molecule has 8 nitrogen and oxygen atoms in total. The van der Waals surface area contributed by atoms with Gasteiger partial charge in [-0.25, -0.2) is 4.98 Å². The molecule has 3 aromatic rings. The fraction of sp³-hybridized carbons (Fsp3) is 0.125. The Bertz CT molecular complexity index is 1070. The van der Waals surface area contributed by atoms with Crippen LogP contribution in [-0.2, 0) is 4.79 Å². The summed E-state index contributed by atoms with van der Waals surface area (Å²) >= 11 is 1.31. The lowest BCUT2D eigenvalue weighted by molar-refractivity contribution is -0.122. The summed E-state index contributed by atoms with van der Waals surface area (Å²) in [5.41, 5.74) is 0.385. The van der Waals surface area contributed by atoms with Crippen molar-refractivity contribution in [3.05, 3.63) is 51.9 Å². The summed E-state index contributed by atoms with van der Waals surface area (Å²) in [5, 5.41) is 7.06. The van der Waals surface area contributed by atoms with Gasteiger partial charge in [0, 0.05) is 23.5 Å². The first-order valence-electron chi connectivity index (χ1n) is 7.41. The van der Waals surface area contributed by atoms with Gasteiger partial charge in [-0.3, -0.25) is 18.8 Å². The second kappa shape index (κ2) is 5.71. The molecule has 1 unspecified atom stereocenters. The molecule has 1 aromatic carbocycles. The SMILES string of the molecule is CC1Oc2ccc(NC(=O)c3cnc4sccn4c3=O)cc2NC1=O. The summed E-state index contributed by atoms with van der Waals surface area (Å²) in [7, 11) is 0. The quantitative estimate of drug-likeness (QED) is 0.728. The summed E-state index contributed by atoms with van der Waals surface area (Å²) in [6.07, 6.45) is 2.25. The van der Waals surface area contributed by atoms with E-state index < -0.39 is 17.6 Å². The van der Waals surface area contributed by atoms with Gasteiger partial charge in [-0.05, 0) is 25.1 Å². The van der Waals surface area contributed by atoms with Crippen LogP contribution in [0.4, 0.5) is 11.4 Å². The number of amides is 2. The number of hydrogen-bond donors (Lipinski definition) is 2. The number of benzene rings is 1. The number of ether oxygens (including phenoxy) is 1. The fourth-order valence-electron chi connectivity index (χ4n) is 2.47. The number of hydrogen-bond acceptors (Lipinski definition) is 6. The molecule has 0 saturated carbocycles. The van der Waals surface area contributed by atoms with E-state index in [-0.39, 0.29) is 11.5 Å². The highest BCUT2D eigenvalue weighted by Gasteiger charge is 2.24. The van der Waals surface area contributed by atoms with E-state index in [9.17, 15) is 14.4 Å². The second-order valence-corrected chi connectivity index (χ2v) is 6.32. The number of nitrogens with zero attached hydrogens (tertiary/aromatic N) is 2. The lowest BCUT2D eigenvalue weighted by Gasteiger charge is -2.23. The first-order chi connectivity index (χ1) is 12.0. The number of aromatic nitrogens is 2. The summed E-state index contributed by atoms with van der Waals surface area (Å²) < 4.78 is 6.78. The van der Waals surface area contributed by atoms with Gasteiger partial charge in [-0.2, -0.15) is 0 Å². The van der Waals surface area contributed by atoms with Crippen molar-refractivity contribution < 1.29 is 14.3 Å². The third kappa shape index (κ3) is 2.64. The maximum atomic E-state index is 12.4. The maximum Gasteiger partial charge on any atom is 0.271 e. The molecule has 0 saturated heterocycles. The molecular formula is C16H12N4O4S. The van der Waals surface area contributed by atoms with Crippen LogP contribution >= 0.6 is 11.3 Å². The summed E-state index contributed by atoms with van der Waals surface area (Å²) in [5.74, 6) is -0.317. The highest BCUT2D eigenvalue weighted by molar-refractivity contribution is 7.15. The van der Waals surface area contributed by atoms with E-state index in [1.165, 1.54) is 21.9 Å². The second-order valence-electron chi connectivity index (χ2n) is 5.45. The van der Waals surface area contributed by atoms with Gasteiger partial charge in [0.1, 0.15) is 11.3 Å². The average Bonchev–Trinajstić information content (AvgIpc) is 3.06. The minimum Gasteiger partial charge on any atom is -0.479 e. The van der Waals surface area contributed by atoms with Gasteiger partial charge in [0.25, 0.3) is 17.4 Å². The number of anilines is 2. The maximum absolute atomic E-state index is 12.4. The largest absolute Gasteiger partial charge is 0.479 e. The van der Waals surface area contributed by atoms with Gasteiger partial charge >= 0.3 is 0 Å². The molecule has 9 heteroatoms. The van der Waals surface area contributed by atoms with Crippen molar-refractivity contribution in [3.63, 3.8) is 0 Å². The fourth-order valence-corrected chi connectivity index (χ4v) is 3.14. The summed E-state index contributed by atoms with van der Waals surface area (Å²) in [4.78, 5) is 41.0. The van der Waals surface area contributed by atoms with Gasteiger partial charge in [0.05, 0.1) is 5.69 Å². The zero-order valence-electron chi connectivity index (χ0n) is 13.0. The monoisotopic (exact) mass is 356 g/mol. The Hall–Kier alpha value is -3.20. The van der Waals surface area contributed by atoms with Crippen LogP contribution in [0.3, 0.4) is 0 Å². The molecule has 1 atom stereocenters. The van der Waals surface area contributed by atoms with Crippen LogP contribution in [0.25, 0.3) is 4.96 Å². The number of carbonyl (C=O) groups excluding carboxylic acids is 2. The molecule has 0 spiro atoms. The van der Waals surface area contributed by atoms with Crippen molar-refractivity contribution in [3.8, 4) is 5.75 Å². The number of fused-ring (bicyclic) bond motifs is 2. The van der Waals surface area contributed by atoms with Crippen LogP contribution in [-0.4, -0.2) is 27.3 Å². The Morgan fingerprint density at radius 2 is 2.24 bits per heavy atom. The molecule has 1 aliphatic heterocycles. The van der Waals surface area contributed by atoms with Crippen LogP contribution in [0, 0.1) is 0 Å². The van der Waals surface area contributed by atoms with Crippen LogP contribution < -0.4 is 20.9 Å². The molecule has 0 aliphatic carbocycles. The zero-order chi connectivity index (χ0) is 17.6. The Morgan fingerprint density at radius 3 is 3.08 bits per heavy atom. The van der Waals surface area contributed by atoms with E-state index in [4.69, 9.17) is 4.74 Å². The third-order valence-electron chi connectivity index (χ3n) is 3.76. The Kier molecular flexibility index (Phi) is 3.50. The first kappa shape index (κ1) is 15.3. The van der Waals surface area contributed by atoms with Gasteiger partial charge in [-0.15, -0.1) is 11.3 Å². The molecule has 1 aliphatic rings. The van der Waals surface area contributed by atoms with Gasteiger partial charge in [-0.1, -0.05) is 0 Å². The molecule has 2 aromatic heterocycles. The molecule has 4 rings (SSSR count). The van der Waals surface area contributed by atoms with Crippen molar-refractivity contribution in [1.82, 2.24) is 9.38 Å². The molecule has 0 radical (unpaired) electrons. The number of carbonyl (C=O) groups is 2. The third-order valence-corrected chi connectivity index (χ3v) is 4.53. The normalized spacial score (nSPS) is 16.0. The smallest absolute Gasteiger partial charge is 0.271 e. The minimum absolute atomic E-state index is 0.0671. The summed E-state index contributed by atoms with van der Waals surface area (Å²) in [6, 6.07) is 4.86. The van der Waals surface area contributed by atoms with Crippen LogP contribution in [0.15, 0.2) is 40.8 Å². The summed E-state index contributed by atoms with van der Waals surface area (Å²) in [6.45, 7) is 1.65. The molecule has 126 valence electrons. The van der Waals surface area contributed by atoms with Gasteiger partial charge in [0.2, 0.25) is 0 Å². The van der Waals surface area contributed by atoms with Gasteiger partial charge in [0.15, 0.2) is 11.1 Å². The highest BCUT2D eigenvalue weighted by atomic mass is 32.1. The van der Waals surface area contributed by atoms with Crippen molar-refractivity contribution in [2.75, 3.05) is 10.6 Å². The Morgan fingerprint density at radius 1 is 1.40 bits per heavy atom. The molecule has 3 heterocycles. The average molecular weight is 356 g/mol. The minimum atomic E-state index is -0.575. The van der Waals surface area contributed by atoms with Crippen molar-refractivity contribution >= 4 is 39.5 Å². The van der Waals surface area contributed by atoms with E-state index in [2.05, 4.69) is 15.6 Å². The Labute approximate surface area is 145 Å². The highest BCUT2D eigenvalue weighted by Crippen LogP contribution is 2.32. The predicted octanol–water partition coefficient (Wildman–Crippen LogP) is 1.73. The lowest BCUT2D eigenvalue weighted by atomic mass is 10.2. The molecular weight excluding hydrogens is 344 g/mol. The molecule has 2 N–H and O–H groups in total. The number of thiazole rings is 1. The van der Waals surface area contributed by atoms with Gasteiger partial charge < -0.3 is 15.4 Å². The van der Waals surface area contributed by atoms with E-state index >= 15 is 0 Å².